The van der Waals surface area contributed by atoms with Gasteiger partial charge in [-0.1, -0.05) is 0 Å². The van der Waals surface area contributed by atoms with Crippen molar-refractivity contribution < 1.29 is 28.6 Å². The van der Waals surface area contributed by atoms with Crippen molar-refractivity contribution in [2.24, 2.45) is 0 Å². The molecule has 0 bridgehead atoms. The van der Waals surface area contributed by atoms with Gasteiger partial charge in [0.1, 0.15) is 16.4 Å². The van der Waals surface area contributed by atoms with E-state index in [4.69, 9.17) is 9.47 Å². The number of pyridine rings is 1. The molecule has 2 rings (SSSR count). The molecule has 0 saturated heterocycles. The number of carbonyl (C=O) groups is 3. The first kappa shape index (κ1) is 20.2. The van der Waals surface area contributed by atoms with Gasteiger partial charge >= 0.3 is 11.9 Å². The van der Waals surface area contributed by atoms with Gasteiger partial charge in [-0.05, 0) is 24.6 Å². The zero-order chi connectivity index (χ0) is 20.1. The summed E-state index contributed by atoms with van der Waals surface area (Å²) in [5.74, 6) is -1.80. The molecule has 27 heavy (non-hydrogen) atoms. The predicted octanol–water partition coefficient (Wildman–Crippen LogP) is 1.44. The molecule has 0 unspecified atom stereocenters. The summed E-state index contributed by atoms with van der Waals surface area (Å²) in [6.45, 7) is 1.25. The highest BCUT2D eigenvalue weighted by molar-refractivity contribution is 7.18. The van der Waals surface area contributed by atoms with Crippen LogP contribution >= 0.6 is 11.3 Å². The van der Waals surface area contributed by atoms with Crippen molar-refractivity contribution in [3.8, 4) is 5.75 Å². The molecule has 0 aliphatic rings. The average Bonchev–Trinajstić information content (AvgIpc) is 2.98. The lowest BCUT2D eigenvalue weighted by molar-refractivity contribution is -0.116. The van der Waals surface area contributed by atoms with Crippen molar-refractivity contribution in [1.29, 1.82) is 0 Å². The van der Waals surface area contributed by atoms with Crippen LogP contribution in [0.15, 0.2) is 23.1 Å². The van der Waals surface area contributed by atoms with Gasteiger partial charge in [0.25, 0.3) is 5.56 Å². The van der Waals surface area contributed by atoms with Crippen LogP contribution in [-0.4, -0.2) is 43.7 Å². The molecule has 0 aliphatic heterocycles. The molecule has 0 fully saturated rings. The lowest BCUT2D eigenvalue weighted by atomic mass is 10.1. The van der Waals surface area contributed by atoms with Gasteiger partial charge in [-0.15, -0.1) is 11.3 Å². The number of nitrogens with zero attached hydrogens (tertiary/aromatic N) is 1. The predicted molar refractivity (Wildman–Crippen MR) is 97.6 cm³/mol. The molecule has 0 radical (unpaired) electrons. The number of amides is 1. The van der Waals surface area contributed by atoms with Crippen LogP contribution in [-0.2, 0) is 20.8 Å². The number of carbonyl (C=O) groups excluding carboxylic acids is 3. The van der Waals surface area contributed by atoms with Gasteiger partial charge in [-0.25, -0.2) is 9.59 Å². The van der Waals surface area contributed by atoms with Crippen LogP contribution < -0.4 is 15.6 Å². The van der Waals surface area contributed by atoms with Crippen LogP contribution in [0.2, 0.25) is 0 Å². The van der Waals surface area contributed by atoms with E-state index in [0.717, 1.165) is 15.9 Å². The van der Waals surface area contributed by atoms with Crippen molar-refractivity contribution in [1.82, 2.24) is 4.57 Å². The Hall–Kier alpha value is -3.14. The summed E-state index contributed by atoms with van der Waals surface area (Å²) < 4.78 is 15.5. The highest BCUT2D eigenvalue weighted by Crippen LogP contribution is 2.34. The maximum absolute atomic E-state index is 12.4. The minimum absolute atomic E-state index is 0.0641. The Morgan fingerprint density at radius 2 is 1.81 bits per heavy atom. The maximum Gasteiger partial charge on any atom is 0.348 e. The van der Waals surface area contributed by atoms with E-state index in [9.17, 15) is 19.2 Å². The van der Waals surface area contributed by atoms with E-state index in [1.54, 1.807) is 13.0 Å². The van der Waals surface area contributed by atoms with Crippen LogP contribution in [0, 0.1) is 6.92 Å². The van der Waals surface area contributed by atoms with Gasteiger partial charge in [-0.3, -0.25) is 9.59 Å². The number of hydrogen-bond donors (Lipinski definition) is 1. The Balaban J connectivity index is 2.33. The van der Waals surface area contributed by atoms with Crippen molar-refractivity contribution in [3.05, 3.63) is 44.7 Å². The molecular weight excluding hydrogens is 376 g/mol. The summed E-state index contributed by atoms with van der Waals surface area (Å²) in [5, 5.41) is 2.69. The highest BCUT2D eigenvalue weighted by Gasteiger charge is 2.26. The van der Waals surface area contributed by atoms with E-state index >= 15 is 0 Å². The first-order valence-corrected chi connectivity index (χ1v) is 8.49. The lowest BCUT2D eigenvalue weighted by Gasteiger charge is -2.09. The number of thiophene rings is 1. The average molecular weight is 394 g/mol. The van der Waals surface area contributed by atoms with Crippen molar-refractivity contribution in [2.45, 2.75) is 13.5 Å². The highest BCUT2D eigenvalue weighted by atomic mass is 32.1. The molecule has 2 aromatic rings. The number of rotatable bonds is 6. The summed E-state index contributed by atoms with van der Waals surface area (Å²) in [6.07, 6.45) is 1.44. The Morgan fingerprint density at radius 1 is 1.15 bits per heavy atom. The SMILES string of the molecule is COC(=O)c1sc(NC(=O)Cn2cccc(OC)c2=O)c(C(=O)OC)c1C. The second-order valence-corrected chi connectivity index (χ2v) is 6.32. The number of nitrogens with one attached hydrogen (secondary N) is 1. The minimum atomic E-state index is -0.701. The normalized spacial score (nSPS) is 10.2. The molecule has 0 aliphatic carbocycles. The van der Waals surface area contributed by atoms with E-state index in [-0.39, 0.29) is 27.7 Å². The molecule has 0 atom stereocenters. The van der Waals surface area contributed by atoms with E-state index in [2.05, 4.69) is 10.1 Å². The standard InChI is InChI=1S/C17H18N2O7S/c1-9-12(16(22)25-3)14(27-13(9)17(23)26-4)18-11(20)8-19-7-5-6-10(24-2)15(19)21/h5-7H,8H2,1-4H3,(H,18,20). The number of anilines is 1. The van der Waals surface area contributed by atoms with Gasteiger partial charge in [0.2, 0.25) is 5.91 Å². The largest absolute Gasteiger partial charge is 0.491 e. The molecule has 0 aromatic carbocycles. The fourth-order valence-corrected chi connectivity index (χ4v) is 3.48. The van der Waals surface area contributed by atoms with Gasteiger partial charge in [0.15, 0.2) is 5.75 Å². The Morgan fingerprint density at radius 3 is 2.41 bits per heavy atom. The molecule has 1 amide bonds. The summed E-state index contributed by atoms with van der Waals surface area (Å²) in [7, 11) is 3.76. The molecule has 10 heteroatoms. The number of hydrogen-bond acceptors (Lipinski definition) is 8. The maximum atomic E-state index is 12.4. The quantitative estimate of drug-likeness (QED) is 0.738. The summed E-state index contributed by atoms with van der Waals surface area (Å²) in [4.78, 5) is 48.6. The molecule has 1 N–H and O–H groups in total. The molecule has 0 saturated carbocycles. The van der Waals surface area contributed by atoms with Gasteiger partial charge in [0, 0.05) is 6.20 Å². The zero-order valence-electron chi connectivity index (χ0n) is 15.2. The Labute approximate surface area is 158 Å². The smallest absolute Gasteiger partial charge is 0.348 e. The van der Waals surface area contributed by atoms with E-state index in [0.29, 0.717) is 5.56 Å². The van der Waals surface area contributed by atoms with Crippen LogP contribution in [0.4, 0.5) is 5.00 Å². The lowest BCUT2D eigenvalue weighted by Crippen LogP contribution is -2.27. The minimum Gasteiger partial charge on any atom is -0.491 e. The summed E-state index contributed by atoms with van der Waals surface area (Å²) in [5.41, 5.74) is -0.0669. The Bertz CT molecular complexity index is 945. The second-order valence-electron chi connectivity index (χ2n) is 5.30. The first-order valence-electron chi connectivity index (χ1n) is 7.67. The fourth-order valence-electron chi connectivity index (χ4n) is 2.35. The first-order chi connectivity index (χ1) is 12.8. The molecule has 144 valence electrons. The molecule has 2 heterocycles. The number of aromatic nitrogens is 1. The summed E-state index contributed by atoms with van der Waals surface area (Å²) in [6, 6.07) is 3.05. The summed E-state index contributed by atoms with van der Waals surface area (Å²) >= 11 is 0.894. The third kappa shape index (κ3) is 4.17. The van der Waals surface area contributed by atoms with Crippen molar-refractivity contribution in [2.75, 3.05) is 26.6 Å². The van der Waals surface area contributed by atoms with Crippen molar-refractivity contribution in [3.63, 3.8) is 0 Å². The zero-order valence-corrected chi connectivity index (χ0v) is 16.0. The van der Waals surface area contributed by atoms with Crippen molar-refractivity contribution >= 4 is 34.2 Å². The van der Waals surface area contributed by atoms with Crippen LogP contribution in [0.1, 0.15) is 25.6 Å². The topological polar surface area (TPSA) is 113 Å². The molecule has 0 spiro atoms. The third-order valence-electron chi connectivity index (χ3n) is 3.68. The fraction of sp³-hybridized carbons (Fsp3) is 0.294. The van der Waals surface area contributed by atoms with Crippen LogP contribution in [0.25, 0.3) is 0 Å². The van der Waals surface area contributed by atoms with Gasteiger partial charge in [-0.2, -0.15) is 0 Å². The molecular formula is C17H18N2O7S. The van der Waals surface area contributed by atoms with Gasteiger partial charge in [0.05, 0.1) is 26.9 Å². The van der Waals surface area contributed by atoms with Crippen LogP contribution in [0.3, 0.4) is 0 Å². The third-order valence-corrected chi connectivity index (χ3v) is 4.87. The van der Waals surface area contributed by atoms with E-state index < -0.39 is 23.4 Å². The monoisotopic (exact) mass is 394 g/mol. The number of ether oxygens (including phenoxy) is 3. The van der Waals surface area contributed by atoms with Gasteiger partial charge < -0.3 is 24.1 Å². The number of esters is 2. The Kier molecular flexibility index (Phi) is 6.35. The van der Waals surface area contributed by atoms with E-state index in [1.807, 2.05) is 0 Å². The molecule has 2 aromatic heterocycles. The van der Waals surface area contributed by atoms with Crippen LogP contribution in [0.5, 0.6) is 5.75 Å². The molecule has 9 nitrogen and oxygen atoms in total. The van der Waals surface area contributed by atoms with E-state index in [1.165, 1.54) is 33.6 Å². The number of methoxy groups -OCH3 is 3. The second kappa shape index (κ2) is 8.49.